The highest BCUT2D eigenvalue weighted by Crippen LogP contribution is 2.34. The molecule has 1 unspecified atom stereocenters. The van der Waals surface area contributed by atoms with E-state index in [-0.39, 0.29) is 23.9 Å². The first-order chi connectivity index (χ1) is 13.5. The molecular weight excluding hydrogens is 359 g/mol. The second-order valence-electron chi connectivity index (χ2n) is 6.77. The number of Topliss-reactive ketones (excluding diaryl/α,β-unsaturated/α-hetero) is 1. The first-order valence-electron chi connectivity index (χ1n) is 8.91. The van der Waals surface area contributed by atoms with E-state index in [2.05, 4.69) is 0 Å². The van der Waals surface area contributed by atoms with E-state index in [0.717, 1.165) is 11.6 Å². The number of carboxylic acids is 1. The lowest BCUT2D eigenvalue weighted by Crippen LogP contribution is -2.29. The van der Waals surface area contributed by atoms with Gasteiger partial charge in [0.25, 0.3) is 0 Å². The molecule has 0 fully saturated rings. The largest absolute Gasteiger partial charge is 0.492 e. The van der Waals surface area contributed by atoms with Crippen LogP contribution in [0.4, 0.5) is 4.39 Å². The van der Waals surface area contributed by atoms with Crippen LogP contribution in [0.2, 0.25) is 0 Å². The molecule has 0 radical (unpaired) electrons. The molecule has 0 saturated heterocycles. The van der Waals surface area contributed by atoms with Crippen LogP contribution in [0.25, 0.3) is 11.1 Å². The number of hydrogen-bond acceptors (Lipinski definition) is 3. The van der Waals surface area contributed by atoms with Gasteiger partial charge < -0.3 is 9.84 Å². The van der Waals surface area contributed by atoms with Crippen LogP contribution in [0.5, 0.6) is 5.75 Å². The van der Waals surface area contributed by atoms with Crippen LogP contribution in [-0.4, -0.2) is 23.5 Å². The van der Waals surface area contributed by atoms with Crippen LogP contribution in [0.3, 0.4) is 0 Å². The first kappa shape index (κ1) is 17.9. The van der Waals surface area contributed by atoms with Gasteiger partial charge in [-0.3, -0.25) is 4.79 Å². The van der Waals surface area contributed by atoms with Crippen molar-refractivity contribution >= 4 is 11.8 Å². The molecule has 1 aliphatic rings. The molecule has 28 heavy (non-hydrogen) atoms. The van der Waals surface area contributed by atoms with Gasteiger partial charge in [0, 0.05) is 0 Å². The molecule has 0 saturated carbocycles. The van der Waals surface area contributed by atoms with Crippen LogP contribution in [0.1, 0.15) is 26.3 Å². The molecule has 0 amide bonds. The Kier molecular flexibility index (Phi) is 4.65. The van der Waals surface area contributed by atoms with Crippen LogP contribution in [0, 0.1) is 11.7 Å². The summed E-state index contributed by atoms with van der Waals surface area (Å²) in [5, 5.41) is 9.35. The molecule has 140 valence electrons. The number of fused-ring (bicyclic) bond motifs is 1. The molecule has 1 atom stereocenters. The molecule has 5 heteroatoms. The van der Waals surface area contributed by atoms with Gasteiger partial charge in [-0.05, 0) is 47.4 Å². The van der Waals surface area contributed by atoms with Crippen molar-refractivity contribution in [2.75, 3.05) is 6.61 Å². The fraction of sp³-hybridized carbons (Fsp3) is 0.130. The van der Waals surface area contributed by atoms with E-state index in [0.29, 0.717) is 28.9 Å². The van der Waals surface area contributed by atoms with Gasteiger partial charge in [0.2, 0.25) is 0 Å². The maximum Gasteiger partial charge on any atom is 0.336 e. The number of benzene rings is 3. The smallest absolute Gasteiger partial charge is 0.336 e. The van der Waals surface area contributed by atoms with Crippen molar-refractivity contribution in [3.05, 3.63) is 89.2 Å². The van der Waals surface area contributed by atoms with Crippen molar-refractivity contribution in [2.45, 2.75) is 6.42 Å². The van der Waals surface area contributed by atoms with Gasteiger partial charge in [0.1, 0.15) is 11.6 Å². The summed E-state index contributed by atoms with van der Waals surface area (Å²) in [6.45, 7) is 0.263. The Morgan fingerprint density at radius 2 is 1.79 bits per heavy atom. The number of rotatable bonds is 4. The number of carboxylic acid groups (broad SMARTS) is 1. The predicted octanol–water partition coefficient (Wildman–Crippen LogP) is 4.62. The summed E-state index contributed by atoms with van der Waals surface area (Å²) in [4.78, 5) is 24.3. The lowest BCUT2D eigenvalue weighted by Gasteiger charge is -2.25. The summed E-state index contributed by atoms with van der Waals surface area (Å²) in [6, 6.07) is 18.3. The monoisotopic (exact) mass is 376 g/mol. The summed E-state index contributed by atoms with van der Waals surface area (Å²) in [5.74, 6) is -1.66. The zero-order valence-corrected chi connectivity index (χ0v) is 14.9. The number of ketones is 1. The number of ether oxygens (including phenoxy) is 1. The van der Waals surface area contributed by atoms with Crippen LogP contribution >= 0.6 is 0 Å². The quantitative estimate of drug-likeness (QED) is 0.721. The third-order valence-electron chi connectivity index (χ3n) is 4.91. The number of carbonyl (C=O) groups excluding carboxylic acids is 1. The molecule has 4 rings (SSSR count). The Morgan fingerprint density at radius 1 is 1.04 bits per heavy atom. The number of halogens is 1. The Bertz CT molecular complexity index is 1060. The highest BCUT2D eigenvalue weighted by Gasteiger charge is 2.29. The Balaban J connectivity index is 1.65. The van der Waals surface area contributed by atoms with Crippen molar-refractivity contribution in [1.29, 1.82) is 0 Å². The molecule has 1 aliphatic heterocycles. The average Bonchev–Trinajstić information content (AvgIpc) is 2.70. The zero-order valence-electron chi connectivity index (χ0n) is 14.9. The van der Waals surface area contributed by atoms with E-state index in [4.69, 9.17) is 4.74 Å². The standard InChI is InChI=1S/C23H17FO4/c24-17-7-9-18(20(12-17)23(26)27)15-6-8-19-21(11-15)28-13-16(22(19)25)10-14-4-2-1-3-5-14/h1-9,11-12,16H,10,13H2,(H,26,27). The average molecular weight is 376 g/mol. The number of carbonyl (C=O) groups is 2. The maximum atomic E-state index is 13.4. The summed E-state index contributed by atoms with van der Waals surface area (Å²) in [7, 11) is 0. The van der Waals surface area contributed by atoms with Crippen LogP contribution < -0.4 is 4.74 Å². The second kappa shape index (κ2) is 7.27. The lowest BCUT2D eigenvalue weighted by atomic mass is 9.88. The predicted molar refractivity (Wildman–Crippen MR) is 102 cm³/mol. The third kappa shape index (κ3) is 3.39. The molecule has 3 aromatic rings. The molecule has 0 aromatic heterocycles. The van der Waals surface area contributed by atoms with Crippen LogP contribution in [-0.2, 0) is 6.42 Å². The molecule has 1 heterocycles. The van der Waals surface area contributed by atoms with Gasteiger partial charge in [0.05, 0.1) is 23.7 Å². The SMILES string of the molecule is O=C(O)c1cc(F)ccc1-c1ccc2c(c1)OCC(Cc1ccccc1)C2=O. The number of aromatic carboxylic acids is 1. The summed E-state index contributed by atoms with van der Waals surface area (Å²) >= 11 is 0. The molecule has 0 bridgehead atoms. The molecular formula is C23H17FO4. The molecule has 0 spiro atoms. The third-order valence-corrected chi connectivity index (χ3v) is 4.91. The van der Waals surface area contributed by atoms with E-state index in [1.54, 1.807) is 18.2 Å². The summed E-state index contributed by atoms with van der Waals surface area (Å²) < 4.78 is 19.3. The van der Waals surface area contributed by atoms with Gasteiger partial charge in [-0.1, -0.05) is 42.5 Å². The van der Waals surface area contributed by atoms with Gasteiger partial charge in [0.15, 0.2) is 5.78 Å². The first-order valence-corrected chi connectivity index (χ1v) is 8.91. The van der Waals surface area contributed by atoms with E-state index in [1.807, 2.05) is 30.3 Å². The highest BCUT2D eigenvalue weighted by molar-refractivity contribution is 6.02. The summed E-state index contributed by atoms with van der Waals surface area (Å²) in [5.41, 5.74) is 2.35. The number of hydrogen-bond donors (Lipinski definition) is 1. The Morgan fingerprint density at radius 3 is 2.54 bits per heavy atom. The Hall–Kier alpha value is -3.47. The van der Waals surface area contributed by atoms with Gasteiger partial charge >= 0.3 is 5.97 Å². The van der Waals surface area contributed by atoms with Crippen molar-refractivity contribution in [3.63, 3.8) is 0 Å². The van der Waals surface area contributed by atoms with Crippen molar-refractivity contribution in [1.82, 2.24) is 0 Å². The van der Waals surface area contributed by atoms with Gasteiger partial charge in [-0.15, -0.1) is 0 Å². The highest BCUT2D eigenvalue weighted by atomic mass is 19.1. The molecule has 4 nitrogen and oxygen atoms in total. The van der Waals surface area contributed by atoms with E-state index in [1.165, 1.54) is 12.1 Å². The second-order valence-corrected chi connectivity index (χ2v) is 6.77. The van der Waals surface area contributed by atoms with E-state index < -0.39 is 11.8 Å². The van der Waals surface area contributed by atoms with E-state index in [9.17, 15) is 19.1 Å². The summed E-state index contributed by atoms with van der Waals surface area (Å²) in [6.07, 6.45) is 0.599. The topological polar surface area (TPSA) is 63.6 Å². The molecule has 1 N–H and O–H groups in total. The van der Waals surface area contributed by atoms with E-state index >= 15 is 0 Å². The minimum absolute atomic E-state index is 0.00853. The fourth-order valence-electron chi connectivity index (χ4n) is 3.49. The minimum atomic E-state index is -1.22. The minimum Gasteiger partial charge on any atom is -0.492 e. The van der Waals surface area contributed by atoms with Crippen LogP contribution in [0.15, 0.2) is 66.7 Å². The van der Waals surface area contributed by atoms with Crippen molar-refractivity contribution < 1.29 is 23.8 Å². The normalized spacial score (nSPS) is 15.6. The Labute approximate surface area is 161 Å². The van der Waals surface area contributed by atoms with Crippen molar-refractivity contribution in [2.24, 2.45) is 5.92 Å². The zero-order chi connectivity index (χ0) is 19.7. The molecule has 0 aliphatic carbocycles. The fourth-order valence-corrected chi connectivity index (χ4v) is 3.49. The van der Waals surface area contributed by atoms with Gasteiger partial charge in [-0.25, -0.2) is 9.18 Å². The molecule has 3 aromatic carbocycles. The maximum absolute atomic E-state index is 13.4. The van der Waals surface area contributed by atoms with Gasteiger partial charge in [-0.2, -0.15) is 0 Å². The van der Waals surface area contributed by atoms with Crippen molar-refractivity contribution in [3.8, 4) is 16.9 Å². The lowest BCUT2D eigenvalue weighted by molar-refractivity contribution is 0.0696.